The molecule has 5 nitrogen and oxygen atoms in total. The minimum absolute atomic E-state index is 0.0559. The quantitative estimate of drug-likeness (QED) is 0.912. The second kappa shape index (κ2) is 6.75. The SMILES string of the molecule is CC(=O)Nc1cn[nH]c1[C@H]1CCCN(Cc2ccccc2)C1. The van der Waals surface area contributed by atoms with Crippen LogP contribution < -0.4 is 5.32 Å². The summed E-state index contributed by atoms with van der Waals surface area (Å²) in [5.41, 5.74) is 3.21. The third-order valence-electron chi connectivity index (χ3n) is 4.14. The minimum atomic E-state index is -0.0559. The number of nitrogens with zero attached hydrogens (tertiary/aromatic N) is 2. The lowest BCUT2D eigenvalue weighted by Crippen LogP contribution is -2.34. The Balaban J connectivity index is 1.68. The van der Waals surface area contributed by atoms with Crippen molar-refractivity contribution < 1.29 is 4.79 Å². The van der Waals surface area contributed by atoms with E-state index in [9.17, 15) is 4.79 Å². The topological polar surface area (TPSA) is 61.0 Å². The van der Waals surface area contributed by atoms with Crippen molar-refractivity contribution in [2.45, 2.75) is 32.2 Å². The van der Waals surface area contributed by atoms with Gasteiger partial charge in [0.05, 0.1) is 17.6 Å². The van der Waals surface area contributed by atoms with Crippen molar-refractivity contribution >= 4 is 11.6 Å². The molecular formula is C17H22N4O. The number of amides is 1. The summed E-state index contributed by atoms with van der Waals surface area (Å²) in [4.78, 5) is 13.8. The van der Waals surface area contributed by atoms with Gasteiger partial charge in [-0.25, -0.2) is 0 Å². The van der Waals surface area contributed by atoms with Crippen LogP contribution in [0.1, 0.15) is 36.9 Å². The van der Waals surface area contributed by atoms with Gasteiger partial charge >= 0.3 is 0 Å². The molecule has 0 unspecified atom stereocenters. The van der Waals surface area contributed by atoms with Crippen LogP contribution in [-0.4, -0.2) is 34.1 Å². The smallest absolute Gasteiger partial charge is 0.221 e. The maximum atomic E-state index is 11.3. The maximum Gasteiger partial charge on any atom is 0.221 e. The van der Waals surface area contributed by atoms with E-state index in [-0.39, 0.29) is 5.91 Å². The van der Waals surface area contributed by atoms with Crippen LogP contribution in [0.4, 0.5) is 5.69 Å². The van der Waals surface area contributed by atoms with E-state index in [4.69, 9.17) is 0 Å². The fourth-order valence-corrected chi connectivity index (χ4v) is 3.17. The molecule has 0 spiro atoms. The molecule has 0 bridgehead atoms. The number of hydrogen-bond acceptors (Lipinski definition) is 3. The summed E-state index contributed by atoms with van der Waals surface area (Å²) in [6.45, 7) is 4.61. The van der Waals surface area contributed by atoms with Crippen LogP contribution in [0.25, 0.3) is 0 Å². The predicted octanol–water partition coefficient (Wildman–Crippen LogP) is 2.75. The summed E-state index contributed by atoms with van der Waals surface area (Å²) in [6, 6.07) is 10.6. The summed E-state index contributed by atoms with van der Waals surface area (Å²) < 4.78 is 0. The van der Waals surface area contributed by atoms with E-state index in [1.165, 1.54) is 12.5 Å². The number of carbonyl (C=O) groups is 1. The number of hydrogen-bond donors (Lipinski definition) is 2. The molecular weight excluding hydrogens is 276 g/mol. The van der Waals surface area contributed by atoms with Gasteiger partial charge in [0.2, 0.25) is 5.91 Å². The number of likely N-dealkylation sites (tertiary alicyclic amines) is 1. The van der Waals surface area contributed by atoms with Gasteiger partial charge in [-0.15, -0.1) is 0 Å². The average Bonchev–Trinajstić information content (AvgIpc) is 2.96. The third-order valence-corrected chi connectivity index (χ3v) is 4.14. The van der Waals surface area contributed by atoms with Gasteiger partial charge in [0, 0.05) is 25.9 Å². The summed E-state index contributed by atoms with van der Waals surface area (Å²) >= 11 is 0. The monoisotopic (exact) mass is 298 g/mol. The summed E-state index contributed by atoms with van der Waals surface area (Å²) in [6.07, 6.45) is 3.99. The second-order valence-corrected chi connectivity index (χ2v) is 5.94. The van der Waals surface area contributed by atoms with Crippen LogP contribution in [0.15, 0.2) is 36.5 Å². The van der Waals surface area contributed by atoms with Gasteiger partial charge in [-0.1, -0.05) is 30.3 Å². The fraction of sp³-hybridized carbons (Fsp3) is 0.412. The first-order valence-electron chi connectivity index (χ1n) is 7.79. The zero-order chi connectivity index (χ0) is 15.4. The number of H-pyrrole nitrogens is 1. The molecule has 1 saturated heterocycles. The lowest BCUT2D eigenvalue weighted by Gasteiger charge is -2.32. The lowest BCUT2D eigenvalue weighted by molar-refractivity contribution is -0.114. The largest absolute Gasteiger partial charge is 0.323 e. The van der Waals surface area contributed by atoms with Crippen molar-refractivity contribution in [3.63, 3.8) is 0 Å². The van der Waals surface area contributed by atoms with Gasteiger partial charge in [-0.3, -0.25) is 14.8 Å². The first-order valence-corrected chi connectivity index (χ1v) is 7.79. The Bertz CT molecular complexity index is 623. The van der Waals surface area contributed by atoms with Crippen LogP contribution in [0.5, 0.6) is 0 Å². The van der Waals surface area contributed by atoms with Crippen molar-refractivity contribution in [1.82, 2.24) is 15.1 Å². The lowest BCUT2D eigenvalue weighted by atomic mass is 9.93. The highest BCUT2D eigenvalue weighted by Gasteiger charge is 2.25. The Morgan fingerprint density at radius 1 is 1.41 bits per heavy atom. The van der Waals surface area contributed by atoms with Gasteiger partial charge in [-0.05, 0) is 24.9 Å². The van der Waals surface area contributed by atoms with Crippen LogP contribution in [-0.2, 0) is 11.3 Å². The number of piperidine rings is 1. The molecule has 1 aromatic heterocycles. The van der Waals surface area contributed by atoms with E-state index in [0.717, 1.165) is 43.9 Å². The maximum absolute atomic E-state index is 11.3. The van der Waals surface area contributed by atoms with Crippen molar-refractivity contribution in [1.29, 1.82) is 0 Å². The second-order valence-electron chi connectivity index (χ2n) is 5.94. The number of anilines is 1. The molecule has 3 rings (SSSR count). The first kappa shape index (κ1) is 14.8. The van der Waals surface area contributed by atoms with E-state index in [2.05, 4.69) is 44.7 Å². The molecule has 0 aliphatic carbocycles. The van der Waals surface area contributed by atoms with Crippen LogP contribution in [0.3, 0.4) is 0 Å². The van der Waals surface area contributed by atoms with E-state index in [1.54, 1.807) is 6.20 Å². The Hall–Kier alpha value is -2.14. The molecule has 22 heavy (non-hydrogen) atoms. The molecule has 1 fully saturated rings. The molecule has 0 saturated carbocycles. The van der Waals surface area contributed by atoms with Crippen molar-refractivity contribution in [3.05, 3.63) is 47.8 Å². The Morgan fingerprint density at radius 2 is 2.23 bits per heavy atom. The number of aromatic amines is 1. The van der Waals surface area contributed by atoms with Gasteiger partial charge in [0.25, 0.3) is 0 Å². The van der Waals surface area contributed by atoms with E-state index >= 15 is 0 Å². The Morgan fingerprint density at radius 3 is 3.00 bits per heavy atom. The standard InChI is InChI=1S/C17H22N4O/c1-13(22)19-16-10-18-20-17(16)15-8-5-9-21(12-15)11-14-6-3-2-4-7-14/h2-4,6-7,10,15H,5,8-9,11-12H2,1H3,(H,18,20)(H,19,22)/t15-/m0/s1. The molecule has 0 radical (unpaired) electrons. The molecule has 1 aliphatic rings. The summed E-state index contributed by atoms with van der Waals surface area (Å²) in [5, 5.41) is 10.0. The summed E-state index contributed by atoms with van der Waals surface area (Å²) in [7, 11) is 0. The Kier molecular flexibility index (Phi) is 4.53. The molecule has 2 heterocycles. The fourth-order valence-electron chi connectivity index (χ4n) is 3.17. The number of rotatable bonds is 4. The molecule has 1 aliphatic heterocycles. The normalized spacial score (nSPS) is 19.0. The molecule has 2 aromatic rings. The van der Waals surface area contributed by atoms with Crippen molar-refractivity contribution in [2.24, 2.45) is 0 Å². The molecule has 2 N–H and O–H groups in total. The highest BCUT2D eigenvalue weighted by Crippen LogP contribution is 2.30. The third kappa shape index (κ3) is 3.54. The predicted molar refractivity (Wildman–Crippen MR) is 86.6 cm³/mol. The first-order chi connectivity index (χ1) is 10.7. The van der Waals surface area contributed by atoms with Crippen LogP contribution in [0, 0.1) is 0 Å². The number of benzene rings is 1. The minimum Gasteiger partial charge on any atom is -0.323 e. The zero-order valence-corrected chi connectivity index (χ0v) is 12.9. The average molecular weight is 298 g/mol. The number of aromatic nitrogens is 2. The van der Waals surface area contributed by atoms with Crippen LogP contribution >= 0.6 is 0 Å². The van der Waals surface area contributed by atoms with E-state index < -0.39 is 0 Å². The zero-order valence-electron chi connectivity index (χ0n) is 12.9. The van der Waals surface area contributed by atoms with Crippen LogP contribution in [0.2, 0.25) is 0 Å². The van der Waals surface area contributed by atoms with Gasteiger partial charge in [0.1, 0.15) is 0 Å². The van der Waals surface area contributed by atoms with E-state index in [0.29, 0.717) is 5.92 Å². The molecule has 1 atom stereocenters. The van der Waals surface area contributed by atoms with Gasteiger partial charge in [-0.2, -0.15) is 5.10 Å². The van der Waals surface area contributed by atoms with E-state index in [1.807, 2.05) is 6.07 Å². The molecule has 5 heteroatoms. The highest BCUT2D eigenvalue weighted by molar-refractivity contribution is 5.89. The molecule has 116 valence electrons. The number of nitrogens with one attached hydrogen (secondary N) is 2. The van der Waals surface area contributed by atoms with Crippen molar-refractivity contribution in [3.8, 4) is 0 Å². The van der Waals surface area contributed by atoms with Crippen molar-refractivity contribution in [2.75, 3.05) is 18.4 Å². The molecule has 1 amide bonds. The summed E-state index contributed by atoms with van der Waals surface area (Å²) in [5.74, 6) is 0.335. The highest BCUT2D eigenvalue weighted by atomic mass is 16.1. The number of carbonyl (C=O) groups excluding carboxylic acids is 1. The molecule has 1 aromatic carbocycles. The van der Waals surface area contributed by atoms with Gasteiger partial charge in [0.15, 0.2) is 0 Å². The van der Waals surface area contributed by atoms with Gasteiger partial charge < -0.3 is 5.32 Å². The Labute approximate surface area is 130 Å².